The van der Waals surface area contributed by atoms with Crippen LogP contribution in [0.2, 0.25) is 0 Å². The van der Waals surface area contributed by atoms with E-state index in [0.717, 1.165) is 10.2 Å². The minimum absolute atomic E-state index is 0.188. The Hall–Kier alpha value is -5.70. The van der Waals surface area contributed by atoms with E-state index in [1.807, 2.05) is 54.6 Å². The van der Waals surface area contributed by atoms with Crippen molar-refractivity contribution >= 4 is 27.7 Å². The predicted molar refractivity (Wildman–Crippen MR) is 162 cm³/mol. The Morgan fingerprint density at radius 1 is 0.690 bits per heavy atom. The van der Waals surface area contributed by atoms with Gasteiger partial charge in [0.25, 0.3) is 11.5 Å². The van der Waals surface area contributed by atoms with Crippen LogP contribution >= 0.6 is 0 Å². The molecule has 0 aliphatic carbocycles. The van der Waals surface area contributed by atoms with Crippen LogP contribution in [0.25, 0.3) is 44.5 Å². The van der Waals surface area contributed by atoms with Gasteiger partial charge in [0, 0.05) is 16.5 Å². The second-order valence-corrected chi connectivity index (χ2v) is 9.39. The van der Waals surface area contributed by atoms with Crippen molar-refractivity contribution in [3.63, 3.8) is 0 Å². The number of carbonyl (C=O) groups is 1. The molecule has 0 spiro atoms. The van der Waals surface area contributed by atoms with E-state index in [0.29, 0.717) is 55.9 Å². The number of benzene rings is 4. The maximum Gasteiger partial charge on any atom is 0.280 e. The molecule has 0 aliphatic rings. The lowest BCUT2D eigenvalue weighted by molar-refractivity contribution is 0.101. The quantitative estimate of drug-likeness (QED) is 0.268. The van der Waals surface area contributed by atoms with Gasteiger partial charge in [-0.3, -0.25) is 15.0 Å². The van der Waals surface area contributed by atoms with Gasteiger partial charge in [-0.05, 0) is 36.4 Å². The van der Waals surface area contributed by atoms with E-state index in [4.69, 9.17) is 24.2 Å². The van der Waals surface area contributed by atoms with Crippen LogP contribution in [0.4, 0.5) is 0 Å². The average Bonchev–Trinajstić information content (AvgIpc) is 3.05. The fourth-order valence-corrected chi connectivity index (χ4v) is 4.92. The van der Waals surface area contributed by atoms with Crippen LogP contribution in [0.5, 0.6) is 17.2 Å². The standard InChI is InChI=1S/C33H26N4O5/c1-40-28-17-21(18-29(41-2)30(28)42-3)31-35-26-16-10-8-14-23(26)33(39)37(31)36-32(38)24-19-27(20-11-5-4-6-12-20)34-25-15-9-7-13-22(24)25/h4-19H,1-3H3,(H,36,38). The van der Waals surface area contributed by atoms with Crippen molar-refractivity contribution in [3.8, 4) is 39.9 Å². The molecule has 1 amide bonds. The van der Waals surface area contributed by atoms with E-state index < -0.39 is 11.5 Å². The number of fused-ring (bicyclic) bond motifs is 2. The topological polar surface area (TPSA) is 105 Å². The fourth-order valence-electron chi connectivity index (χ4n) is 4.92. The van der Waals surface area contributed by atoms with Crippen molar-refractivity contribution in [2.75, 3.05) is 26.8 Å². The summed E-state index contributed by atoms with van der Waals surface area (Å²) in [5, 5.41) is 0.990. The van der Waals surface area contributed by atoms with Crippen LogP contribution in [-0.2, 0) is 0 Å². The first kappa shape index (κ1) is 26.5. The molecule has 2 aromatic heterocycles. The Kier molecular flexibility index (Phi) is 6.98. The first-order valence-corrected chi connectivity index (χ1v) is 13.1. The van der Waals surface area contributed by atoms with Crippen LogP contribution in [0.1, 0.15) is 10.4 Å². The van der Waals surface area contributed by atoms with Gasteiger partial charge in [0.2, 0.25) is 5.75 Å². The summed E-state index contributed by atoms with van der Waals surface area (Å²) in [6, 6.07) is 29.0. The molecule has 0 unspecified atom stereocenters. The zero-order valence-corrected chi connectivity index (χ0v) is 23.1. The maximum absolute atomic E-state index is 14.0. The summed E-state index contributed by atoms with van der Waals surface area (Å²) in [4.78, 5) is 37.5. The molecule has 0 radical (unpaired) electrons. The molecule has 0 fully saturated rings. The summed E-state index contributed by atoms with van der Waals surface area (Å²) < 4.78 is 17.7. The van der Waals surface area contributed by atoms with Crippen molar-refractivity contribution in [1.29, 1.82) is 0 Å². The van der Waals surface area contributed by atoms with Gasteiger partial charge >= 0.3 is 0 Å². The van der Waals surface area contributed by atoms with E-state index in [-0.39, 0.29) is 5.82 Å². The molecule has 2 heterocycles. The Balaban J connectivity index is 1.55. The van der Waals surface area contributed by atoms with Gasteiger partial charge in [0.15, 0.2) is 17.3 Å². The lowest BCUT2D eigenvalue weighted by atomic mass is 10.0. The van der Waals surface area contributed by atoms with Gasteiger partial charge in [0.05, 0.1) is 49.0 Å². The highest BCUT2D eigenvalue weighted by atomic mass is 16.5. The molecular formula is C33H26N4O5. The Bertz CT molecular complexity index is 2000. The van der Waals surface area contributed by atoms with E-state index in [1.54, 1.807) is 42.5 Å². The minimum Gasteiger partial charge on any atom is -0.493 e. The third kappa shape index (κ3) is 4.66. The molecule has 0 atom stereocenters. The lowest BCUT2D eigenvalue weighted by Gasteiger charge is -2.18. The highest BCUT2D eigenvalue weighted by Crippen LogP contribution is 2.40. The molecule has 9 heteroatoms. The number of nitrogens with one attached hydrogen (secondary N) is 1. The van der Waals surface area contributed by atoms with E-state index in [2.05, 4.69) is 5.43 Å². The van der Waals surface area contributed by atoms with Gasteiger partial charge in [-0.15, -0.1) is 0 Å². The second kappa shape index (κ2) is 11.1. The minimum atomic E-state index is -0.501. The molecular weight excluding hydrogens is 532 g/mol. The van der Waals surface area contributed by atoms with Crippen molar-refractivity contribution in [3.05, 3.63) is 113 Å². The highest BCUT2D eigenvalue weighted by Gasteiger charge is 2.22. The lowest BCUT2D eigenvalue weighted by Crippen LogP contribution is -2.35. The van der Waals surface area contributed by atoms with Gasteiger partial charge < -0.3 is 14.2 Å². The normalized spacial score (nSPS) is 10.9. The van der Waals surface area contributed by atoms with Crippen molar-refractivity contribution in [1.82, 2.24) is 14.6 Å². The number of methoxy groups -OCH3 is 3. The number of carbonyl (C=O) groups excluding carboxylic acids is 1. The number of amides is 1. The van der Waals surface area contributed by atoms with Crippen molar-refractivity contribution in [2.24, 2.45) is 0 Å². The van der Waals surface area contributed by atoms with Crippen LogP contribution in [0.3, 0.4) is 0 Å². The Labute approximate surface area is 240 Å². The van der Waals surface area contributed by atoms with Crippen LogP contribution in [0, 0.1) is 0 Å². The number of hydrogen-bond donors (Lipinski definition) is 1. The number of hydrogen-bond acceptors (Lipinski definition) is 7. The number of rotatable bonds is 7. The first-order valence-electron chi connectivity index (χ1n) is 13.1. The summed E-state index contributed by atoms with van der Waals surface area (Å²) in [6.45, 7) is 0. The molecule has 0 saturated heterocycles. The number of ether oxygens (including phenoxy) is 3. The molecule has 208 valence electrons. The van der Waals surface area contributed by atoms with Gasteiger partial charge in [-0.1, -0.05) is 60.7 Å². The highest BCUT2D eigenvalue weighted by molar-refractivity contribution is 6.10. The van der Waals surface area contributed by atoms with Crippen LogP contribution < -0.4 is 25.2 Å². The molecule has 6 rings (SSSR count). The van der Waals surface area contributed by atoms with Crippen molar-refractivity contribution < 1.29 is 19.0 Å². The molecule has 4 aromatic carbocycles. The molecule has 9 nitrogen and oxygen atoms in total. The predicted octanol–water partition coefficient (Wildman–Crippen LogP) is 5.69. The number of nitrogens with zero attached hydrogens (tertiary/aromatic N) is 3. The van der Waals surface area contributed by atoms with Gasteiger partial charge in [-0.2, -0.15) is 4.68 Å². The number of aromatic nitrogens is 3. The monoisotopic (exact) mass is 558 g/mol. The Morgan fingerprint density at radius 3 is 1.93 bits per heavy atom. The van der Waals surface area contributed by atoms with Crippen LogP contribution in [-0.4, -0.2) is 41.9 Å². The average molecular weight is 559 g/mol. The smallest absolute Gasteiger partial charge is 0.280 e. The molecule has 0 saturated carbocycles. The largest absolute Gasteiger partial charge is 0.493 e. The van der Waals surface area contributed by atoms with E-state index in [9.17, 15) is 9.59 Å². The first-order chi connectivity index (χ1) is 20.5. The molecule has 6 aromatic rings. The Morgan fingerprint density at radius 2 is 1.29 bits per heavy atom. The van der Waals surface area contributed by atoms with Crippen LogP contribution in [0.15, 0.2) is 102 Å². The van der Waals surface area contributed by atoms with Gasteiger partial charge in [-0.25, -0.2) is 9.97 Å². The third-order valence-electron chi connectivity index (χ3n) is 6.94. The molecule has 0 bridgehead atoms. The summed E-state index contributed by atoms with van der Waals surface area (Å²) in [5.74, 6) is 0.824. The molecule has 42 heavy (non-hydrogen) atoms. The molecule has 0 aliphatic heterocycles. The summed E-state index contributed by atoms with van der Waals surface area (Å²) in [6.07, 6.45) is 0. The number of para-hydroxylation sites is 2. The number of pyridine rings is 1. The SMILES string of the molecule is COc1cc(-c2nc3ccccc3c(=O)n2NC(=O)c2cc(-c3ccccc3)nc3ccccc23)cc(OC)c1OC. The second-order valence-electron chi connectivity index (χ2n) is 9.39. The van der Waals surface area contributed by atoms with E-state index in [1.165, 1.54) is 21.3 Å². The van der Waals surface area contributed by atoms with E-state index >= 15 is 0 Å². The fraction of sp³-hybridized carbons (Fsp3) is 0.0909. The molecule has 1 N–H and O–H groups in total. The maximum atomic E-state index is 14.0. The zero-order valence-electron chi connectivity index (χ0n) is 23.1. The zero-order chi connectivity index (χ0) is 29.2. The summed E-state index contributed by atoms with van der Waals surface area (Å²) in [5.41, 5.74) is 5.82. The third-order valence-corrected chi connectivity index (χ3v) is 6.94. The summed E-state index contributed by atoms with van der Waals surface area (Å²) >= 11 is 0. The van der Waals surface area contributed by atoms with Crippen molar-refractivity contribution in [2.45, 2.75) is 0 Å². The van der Waals surface area contributed by atoms with Gasteiger partial charge in [0.1, 0.15) is 0 Å². The summed E-state index contributed by atoms with van der Waals surface area (Å²) in [7, 11) is 4.51.